The molecule has 1 saturated carbocycles. The Hall–Kier alpha value is -2.47. The van der Waals surface area contributed by atoms with E-state index >= 15 is 0 Å². The Morgan fingerprint density at radius 1 is 1.12 bits per heavy atom. The van der Waals surface area contributed by atoms with Gasteiger partial charge in [0.25, 0.3) is 0 Å². The van der Waals surface area contributed by atoms with Crippen LogP contribution in [0, 0.1) is 17.7 Å². The van der Waals surface area contributed by atoms with Crippen LogP contribution in [0.2, 0.25) is 0 Å². The molecule has 0 radical (unpaired) electrons. The Labute approximate surface area is 146 Å². The number of aliphatic hydroxyl groups excluding tert-OH is 1. The molecule has 2 aliphatic rings. The van der Waals surface area contributed by atoms with Crippen molar-refractivity contribution in [3.8, 4) is 0 Å². The number of hydrogen-bond acceptors (Lipinski definition) is 3. The van der Waals surface area contributed by atoms with Gasteiger partial charge in [0, 0.05) is 19.3 Å². The van der Waals surface area contributed by atoms with Crippen LogP contribution in [0.1, 0.15) is 12.8 Å². The molecule has 2 amide bonds. The van der Waals surface area contributed by atoms with E-state index in [-0.39, 0.29) is 18.0 Å². The normalized spacial score (nSPS) is 24.2. The highest BCUT2D eigenvalue weighted by Crippen LogP contribution is 2.38. The molecular formula is C19H22FN3O2. The van der Waals surface area contributed by atoms with Gasteiger partial charge in [-0.1, -0.05) is 18.2 Å². The Kier molecular flexibility index (Phi) is 5.60. The summed E-state index contributed by atoms with van der Waals surface area (Å²) >= 11 is 0. The fraction of sp³-hybridized carbons (Fsp3) is 0.368. The third kappa shape index (κ3) is 4.76. The third-order valence-electron chi connectivity index (χ3n) is 4.66. The van der Waals surface area contributed by atoms with Gasteiger partial charge in [0.2, 0.25) is 0 Å². The monoisotopic (exact) mass is 343 g/mol. The van der Waals surface area contributed by atoms with Crippen LogP contribution in [0.25, 0.3) is 0 Å². The maximum absolute atomic E-state index is 12.1. The van der Waals surface area contributed by atoms with Crippen LogP contribution < -0.4 is 5.32 Å². The minimum absolute atomic E-state index is 0.0631. The predicted molar refractivity (Wildman–Crippen MR) is 93.4 cm³/mol. The number of carbonyl (C=O) groups is 1. The zero-order valence-corrected chi connectivity index (χ0v) is 13.9. The SMILES string of the molecule is Fc1ccccc1.O=C(Nc1cccnc1)N1C[C@H]2CC(O)C[C@H]2C1. The van der Waals surface area contributed by atoms with Crippen molar-refractivity contribution >= 4 is 11.7 Å². The molecule has 2 fully saturated rings. The number of urea groups is 1. The number of rotatable bonds is 1. The second-order valence-electron chi connectivity index (χ2n) is 6.52. The minimum atomic E-state index is -0.178. The molecule has 0 spiro atoms. The molecule has 25 heavy (non-hydrogen) atoms. The van der Waals surface area contributed by atoms with E-state index in [1.54, 1.807) is 36.7 Å². The van der Waals surface area contributed by atoms with E-state index in [0.29, 0.717) is 11.8 Å². The lowest BCUT2D eigenvalue weighted by Crippen LogP contribution is -2.34. The molecule has 6 heteroatoms. The summed E-state index contributed by atoms with van der Waals surface area (Å²) in [4.78, 5) is 17.9. The molecule has 1 unspecified atom stereocenters. The standard InChI is InChI=1S/C13H17N3O2.C6H5F/c17-12-4-9-7-16(8-10(9)5-12)13(18)15-11-2-1-3-14-6-11;7-6-4-2-1-3-5-6/h1-3,6,9-10,12,17H,4-5,7-8H2,(H,15,18);1-5H/t9-,10+,12?;. The largest absolute Gasteiger partial charge is 0.393 e. The van der Waals surface area contributed by atoms with Crippen molar-refractivity contribution < 1.29 is 14.3 Å². The number of halogens is 1. The van der Waals surface area contributed by atoms with Crippen LogP contribution in [0.3, 0.4) is 0 Å². The van der Waals surface area contributed by atoms with Gasteiger partial charge in [-0.15, -0.1) is 0 Å². The molecule has 1 aliphatic heterocycles. The van der Waals surface area contributed by atoms with Gasteiger partial charge in [-0.2, -0.15) is 0 Å². The van der Waals surface area contributed by atoms with Gasteiger partial charge in [0.05, 0.1) is 18.0 Å². The average Bonchev–Trinajstić information content (AvgIpc) is 3.14. The molecule has 2 heterocycles. The average molecular weight is 343 g/mol. The van der Waals surface area contributed by atoms with E-state index in [0.717, 1.165) is 31.6 Å². The number of amides is 2. The van der Waals surface area contributed by atoms with Crippen molar-refractivity contribution in [2.75, 3.05) is 18.4 Å². The van der Waals surface area contributed by atoms with Gasteiger partial charge < -0.3 is 15.3 Å². The molecule has 1 aromatic carbocycles. The summed E-state index contributed by atoms with van der Waals surface area (Å²) in [5, 5.41) is 12.4. The number of aliphatic hydroxyl groups is 1. The van der Waals surface area contributed by atoms with Crippen molar-refractivity contribution in [1.29, 1.82) is 0 Å². The van der Waals surface area contributed by atoms with Crippen molar-refractivity contribution in [3.63, 3.8) is 0 Å². The maximum Gasteiger partial charge on any atom is 0.321 e. The van der Waals surface area contributed by atoms with Crippen LogP contribution in [0.15, 0.2) is 54.9 Å². The molecule has 2 N–H and O–H groups in total. The lowest BCUT2D eigenvalue weighted by atomic mass is 10.0. The topological polar surface area (TPSA) is 65.5 Å². The van der Waals surface area contributed by atoms with E-state index in [4.69, 9.17) is 0 Å². The van der Waals surface area contributed by atoms with Gasteiger partial charge in [-0.25, -0.2) is 9.18 Å². The number of hydrogen-bond donors (Lipinski definition) is 2. The number of benzene rings is 1. The summed E-state index contributed by atoms with van der Waals surface area (Å²) in [5.41, 5.74) is 0.722. The zero-order valence-electron chi connectivity index (χ0n) is 13.9. The van der Waals surface area contributed by atoms with Crippen molar-refractivity contribution in [2.24, 2.45) is 11.8 Å². The molecule has 0 bridgehead atoms. The Morgan fingerprint density at radius 3 is 2.32 bits per heavy atom. The first-order valence-corrected chi connectivity index (χ1v) is 8.46. The summed E-state index contributed by atoms with van der Waals surface area (Å²) in [6.07, 6.45) is 4.82. The van der Waals surface area contributed by atoms with Crippen molar-refractivity contribution in [3.05, 3.63) is 60.7 Å². The molecule has 1 aliphatic carbocycles. The van der Waals surface area contributed by atoms with Gasteiger partial charge in [-0.3, -0.25) is 4.98 Å². The van der Waals surface area contributed by atoms with Gasteiger partial charge in [0.1, 0.15) is 5.82 Å². The van der Waals surface area contributed by atoms with Crippen LogP contribution in [-0.4, -0.2) is 40.2 Å². The molecule has 2 aromatic rings. The number of likely N-dealkylation sites (tertiary alicyclic amines) is 1. The summed E-state index contributed by atoms with van der Waals surface area (Å²) in [5.74, 6) is 0.766. The van der Waals surface area contributed by atoms with E-state index in [9.17, 15) is 14.3 Å². The molecule has 4 rings (SSSR count). The highest BCUT2D eigenvalue weighted by atomic mass is 19.1. The van der Waals surface area contributed by atoms with E-state index < -0.39 is 0 Å². The van der Waals surface area contributed by atoms with Crippen molar-refractivity contribution in [1.82, 2.24) is 9.88 Å². The number of pyridine rings is 1. The van der Waals surface area contributed by atoms with E-state index in [1.165, 1.54) is 12.1 Å². The molecule has 5 nitrogen and oxygen atoms in total. The van der Waals surface area contributed by atoms with Gasteiger partial charge in [-0.05, 0) is 48.9 Å². The lowest BCUT2D eigenvalue weighted by Gasteiger charge is -2.18. The number of anilines is 1. The smallest absolute Gasteiger partial charge is 0.321 e. The second kappa shape index (κ2) is 8.07. The Balaban J connectivity index is 0.000000219. The molecule has 1 aromatic heterocycles. The van der Waals surface area contributed by atoms with E-state index in [2.05, 4.69) is 10.3 Å². The highest BCUT2D eigenvalue weighted by molar-refractivity contribution is 5.89. The summed E-state index contributed by atoms with van der Waals surface area (Å²) in [6.45, 7) is 1.52. The number of aromatic nitrogens is 1. The Bertz CT molecular complexity index is 670. The minimum Gasteiger partial charge on any atom is -0.393 e. The fourth-order valence-corrected chi connectivity index (χ4v) is 3.49. The van der Waals surface area contributed by atoms with Gasteiger partial charge >= 0.3 is 6.03 Å². The Morgan fingerprint density at radius 2 is 1.80 bits per heavy atom. The van der Waals surface area contributed by atoms with Crippen LogP contribution in [0.5, 0.6) is 0 Å². The van der Waals surface area contributed by atoms with Gasteiger partial charge in [0.15, 0.2) is 0 Å². The summed E-state index contributed by atoms with van der Waals surface area (Å²) < 4.78 is 11.9. The first kappa shape index (κ1) is 17.4. The fourth-order valence-electron chi connectivity index (χ4n) is 3.49. The highest BCUT2D eigenvalue weighted by Gasteiger charge is 2.41. The maximum atomic E-state index is 12.1. The molecule has 1 saturated heterocycles. The number of fused-ring (bicyclic) bond motifs is 1. The summed E-state index contributed by atoms with van der Waals surface area (Å²) in [7, 11) is 0. The van der Waals surface area contributed by atoms with Crippen LogP contribution >= 0.6 is 0 Å². The summed E-state index contributed by atoms with van der Waals surface area (Å²) in [6, 6.07) is 11.5. The zero-order chi connectivity index (χ0) is 17.6. The van der Waals surface area contributed by atoms with Crippen LogP contribution in [-0.2, 0) is 0 Å². The van der Waals surface area contributed by atoms with Crippen LogP contribution in [0.4, 0.5) is 14.9 Å². The number of carbonyl (C=O) groups excluding carboxylic acids is 1. The first-order chi connectivity index (χ1) is 12.1. The second-order valence-corrected chi connectivity index (χ2v) is 6.52. The quantitative estimate of drug-likeness (QED) is 0.836. The molecule has 3 atom stereocenters. The predicted octanol–water partition coefficient (Wildman–Crippen LogP) is 3.14. The first-order valence-electron chi connectivity index (χ1n) is 8.46. The molecule has 132 valence electrons. The lowest BCUT2D eigenvalue weighted by molar-refractivity contribution is 0.163. The van der Waals surface area contributed by atoms with E-state index in [1.807, 2.05) is 11.0 Å². The van der Waals surface area contributed by atoms with Crippen molar-refractivity contribution in [2.45, 2.75) is 18.9 Å². The third-order valence-corrected chi connectivity index (χ3v) is 4.66. The number of nitrogens with zero attached hydrogens (tertiary/aromatic N) is 2. The molecular weight excluding hydrogens is 321 g/mol. The number of nitrogens with one attached hydrogen (secondary N) is 1.